The standard InChI is InChI=1S/C13H26O2/c1-12(2,3)8-7-9-15-11(14)10-13(4,5)6/h7-10H2,1-6H3. The first-order valence-corrected chi connectivity index (χ1v) is 5.76. The van der Waals surface area contributed by atoms with Crippen LogP contribution >= 0.6 is 0 Å². The van der Waals surface area contributed by atoms with Gasteiger partial charge < -0.3 is 4.74 Å². The fourth-order valence-corrected chi connectivity index (χ4v) is 1.27. The van der Waals surface area contributed by atoms with E-state index in [9.17, 15) is 4.79 Å². The van der Waals surface area contributed by atoms with E-state index in [1.165, 1.54) is 0 Å². The molecule has 0 radical (unpaired) electrons. The number of rotatable bonds is 4. The molecule has 0 spiro atoms. The highest BCUT2D eigenvalue weighted by Gasteiger charge is 2.17. The van der Waals surface area contributed by atoms with Crippen molar-refractivity contribution in [3.05, 3.63) is 0 Å². The second-order valence-corrected chi connectivity index (χ2v) is 6.62. The average Bonchev–Trinajstić information content (AvgIpc) is 1.92. The minimum atomic E-state index is -0.0728. The Morgan fingerprint density at radius 3 is 1.93 bits per heavy atom. The van der Waals surface area contributed by atoms with E-state index in [0.717, 1.165) is 12.8 Å². The molecular formula is C13H26O2. The topological polar surface area (TPSA) is 26.3 Å². The number of hydrogen-bond acceptors (Lipinski definition) is 2. The van der Waals surface area contributed by atoms with Gasteiger partial charge >= 0.3 is 5.97 Å². The maximum Gasteiger partial charge on any atom is 0.306 e. The Bertz CT molecular complexity index is 194. The fraction of sp³-hybridized carbons (Fsp3) is 0.923. The van der Waals surface area contributed by atoms with E-state index in [0.29, 0.717) is 18.4 Å². The van der Waals surface area contributed by atoms with E-state index in [4.69, 9.17) is 4.74 Å². The summed E-state index contributed by atoms with van der Waals surface area (Å²) < 4.78 is 5.17. The lowest BCUT2D eigenvalue weighted by molar-refractivity contribution is -0.146. The normalized spacial score (nSPS) is 12.7. The molecule has 0 bridgehead atoms. The van der Waals surface area contributed by atoms with Crippen molar-refractivity contribution in [1.82, 2.24) is 0 Å². The van der Waals surface area contributed by atoms with Crippen LogP contribution in [-0.4, -0.2) is 12.6 Å². The van der Waals surface area contributed by atoms with Gasteiger partial charge in [0.2, 0.25) is 0 Å². The van der Waals surface area contributed by atoms with Crippen LogP contribution < -0.4 is 0 Å². The Morgan fingerprint density at radius 2 is 1.53 bits per heavy atom. The number of ether oxygens (including phenoxy) is 1. The van der Waals surface area contributed by atoms with Gasteiger partial charge in [0.05, 0.1) is 13.0 Å². The molecule has 0 heterocycles. The molecule has 2 heteroatoms. The van der Waals surface area contributed by atoms with Gasteiger partial charge in [-0.25, -0.2) is 0 Å². The molecule has 0 aromatic heterocycles. The summed E-state index contributed by atoms with van der Waals surface area (Å²) >= 11 is 0. The molecule has 2 nitrogen and oxygen atoms in total. The Labute approximate surface area is 94.4 Å². The van der Waals surface area contributed by atoms with Gasteiger partial charge in [0.15, 0.2) is 0 Å². The van der Waals surface area contributed by atoms with Crippen molar-refractivity contribution in [2.45, 2.75) is 60.8 Å². The predicted molar refractivity (Wildman–Crippen MR) is 63.7 cm³/mol. The second-order valence-electron chi connectivity index (χ2n) is 6.62. The summed E-state index contributed by atoms with van der Waals surface area (Å²) in [4.78, 5) is 11.4. The van der Waals surface area contributed by atoms with Crippen LogP contribution in [0.15, 0.2) is 0 Å². The van der Waals surface area contributed by atoms with Crippen LogP contribution in [0.25, 0.3) is 0 Å². The van der Waals surface area contributed by atoms with Gasteiger partial charge in [0.1, 0.15) is 0 Å². The maximum atomic E-state index is 11.4. The highest BCUT2D eigenvalue weighted by atomic mass is 16.5. The second kappa shape index (κ2) is 5.53. The largest absolute Gasteiger partial charge is 0.466 e. The van der Waals surface area contributed by atoms with Crippen molar-refractivity contribution in [3.8, 4) is 0 Å². The molecule has 0 aliphatic heterocycles. The first-order valence-electron chi connectivity index (χ1n) is 5.76. The SMILES string of the molecule is CC(C)(C)CCCOC(=O)CC(C)(C)C. The zero-order valence-electron chi connectivity index (χ0n) is 11.1. The Balaban J connectivity index is 3.57. The summed E-state index contributed by atoms with van der Waals surface area (Å²) in [6, 6.07) is 0. The van der Waals surface area contributed by atoms with Crippen LogP contribution in [0.3, 0.4) is 0 Å². The first kappa shape index (κ1) is 14.5. The van der Waals surface area contributed by atoms with E-state index in [-0.39, 0.29) is 11.4 Å². The van der Waals surface area contributed by atoms with Gasteiger partial charge in [0, 0.05) is 0 Å². The zero-order chi connectivity index (χ0) is 12.1. The summed E-state index contributed by atoms with van der Waals surface area (Å²) in [5, 5.41) is 0. The molecule has 0 aromatic carbocycles. The lowest BCUT2D eigenvalue weighted by Gasteiger charge is -2.19. The van der Waals surface area contributed by atoms with Crippen LogP contribution in [0, 0.1) is 10.8 Å². The highest BCUT2D eigenvalue weighted by molar-refractivity contribution is 5.70. The Kier molecular flexibility index (Phi) is 5.33. The van der Waals surface area contributed by atoms with Crippen molar-refractivity contribution in [2.75, 3.05) is 6.61 Å². The van der Waals surface area contributed by atoms with Gasteiger partial charge in [-0.2, -0.15) is 0 Å². The summed E-state index contributed by atoms with van der Waals surface area (Å²) in [6.07, 6.45) is 2.55. The lowest BCUT2D eigenvalue weighted by atomic mass is 9.91. The number of esters is 1. The fourth-order valence-electron chi connectivity index (χ4n) is 1.27. The van der Waals surface area contributed by atoms with Gasteiger partial charge in [0.25, 0.3) is 0 Å². The van der Waals surface area contributed by atoms with Gasteiger partial charge in [-0.3, -0.25) is 4.79 Å². The molecule has 0 aliphatic carbocycles. The molecule has 0 rings (SSSR count). The summed E-state index contributed by atoms with van der Waals surface area (Å²) in [5.74, 6) is -0.0728. The Morgan fingerprint density at radius 1 is 1.00 bits per heavy atom. The minimum absolute atomic E-state index is 0.0289. The van der Waals surface area contributed by atoms with Crippen molar-refractivity contribution >= 4 is 5.97 Å². The predicted octanol–water partition coefficient (Wildman–Crippen LogP) is 3.79. The quantitative estimate of drug-likeness (QED) is 0.525. The number of carbonyl (C=O) groups is 1. The van der Waals surface area contributed by atoms with Gasteiger partial charge in [-0.1, -0.05) is 41.5 Å². The summed E-state index contributed by atoms with van der Waals surface area (Å²) in [7, 11) is 0. The Hall–Kier alpha value is -0.530. The zero-order valence-corrected chi connectivity index (χ0v) is 11.1. The lowest BCUT2D eigenvalue weighted by Crippen LogP contribution is -2.16. The molecule has 0 N–H and O–H groups in total. The average molecular weight is 214 g/mol. The smallest absolute Gasteiger partial charge is 0.306 e. The molecule has 0 fully saturated rings. The third-order valence-electron chi connectivity index (χ3n) is 2.01. The van der Waals surface area contributed by atoms with Crippen LogP contribution in [0.4, 0.5) is 0 Å². The van der Waals surface area contributed by atoms with E-state index >= 15 is 0 Å². The number of carbonyl (C=O) groups excluding carboxylic acids is 1. The molecule has 0 unspecified atom stereocenters. The molecular weight excluding hydrogens is 188 g/mol. The van der Waals surface area contributed by atoms with E-state index in [1.54, 1.807) is 0 Å². The third kappa shape index (κ3) is 11.4. The summed E-state index contributed by atoms with van der Waals surface area (Å²) in [5.41, 5.74) is 0.359. The summed E-state index contributed by atoms with van der Waals surface area (Å²) in [6.45, 7) is 13.3. The molecule has 15 heavy (non-hydrogen) atoms. The van der Waals surface area contributed by atoms with Crippen LogP contribution in [0.5, 0.6) is 0 Å². The van der Waals surface area contributed by atoms with Crippen molar-refractivity contribution < 1.29 is 9.53 Å². The minimum Gasteiger partial charge on any atom is -0.466 e. The van der Waals surface area contributed by atoms with Crippen molar-refractivity contribution in [3.63, 3.8) is 0 Å². The maximum absolute atomic E-state index is 11.4. The van der Waals surface area contributed by atoms with Gasteiger partial charge in [-0.15, -0.1) is 0 Å². The van der Waals surface area contributed by atoms with Crippen molar-refractivity contribution in [2.24, 2.45) is 10.8 Å². The molecule has 0 atom stereocenters. The van der Waals surface area contributed by atoms with Gasteiger partial charge in [-0.05, 0) is 23.7 Å². The molecule has 0 aliphatic rings. The number of hydrogen-bond donors (Lipinski definition) is 0. The molecule has 90 valence electrons. The van der Waals surface area contributed by atoms with E-state index < -0.39 is 0 Å². The molecule has 0 saturated heterocycles. The van der Waals surface area contributed by atoms with Crippen LogP contribution in [0.2, 0.25) is 0 Å². The van der Waals surface area contributed by atoms with Crippen LogP contribution in [-0.2, 0) is 9.53 Å². The third-order valence-corrected chi connectivity index (χ3v) is 2.01. The van der Waals surface area contributed by atoms with E-state index in [2.05, 4.69) is 20.8 Å². The highest BCUT2D eigenvalue weighted by Crippen LogP contribution is 2.21. The van der Waals surface area contributed by atoms with Crippen LogP contribution in [0.1, 0.15) is 60.8 Å². The van der Waals surface area contributed by atoms with E-state index in [1.807, 2.05) is 20.8 Å². The molecule has 0 aromatic rings. The molecule has 0 saturated carbocycles. The first-order chi connectivity index (χ1) is 6.60. The molecule has 0 amide bonds. The van der Waals surface area contributed by atoms with Crippen molar-refractivity contribution in [1.29, 1.82) is 0 Å². The monoisotopic (exact) mass is 214 g/mol.